The number of thiazole rings is 1. The normalized spacial score (nSPS) is 11.0. The number of hydrogen-bond donors (Lipinski definition) is 2. The van der Waals surface area contributed by atoms with Crippen molar-refractivity contribution in [3.05, 3.63) is 46.6 Å². The molecule has 26 heavy (non-hydrogen) atoms. The maximum Gasteiger partial charge on any atom is 0.283 e. The van der Waals surface area contributed by atoms with Crippen molar-refractivity contribution < 1.29 is 14.6 Å². The molecule has 0 fully saturated rings. The molecule has 134 valence electrons. The lowest BCUT2D eigenvalue weighted by Gasteiger charge is -2.03. The van der Waals surface area contributed by atoms with E-state index >= 15 is 0 Å². The van der Waals surface area contributed by atoms with Crippen LogP contribution in [0.5, 0.6) is 11.5 Å². The third kappa shape index (κ3) is 3.57. The van der Waals surface area contributed by atoms with Crippen molar-refractivity contribution in [3.63, 3.8) is 0 Å². The number of aromatic hydroxyl groups is 1. The highest BCUT2D eigenvalue weighted by Gasteiger charge is 2.17. The van der Waals surface area contributed by atoms with Gasteiger partial charge < -0.3 is 9.84 Å². The van der Waals surface area contributed by atoms with Gasteiger partial charge in [0.15, 0.2) is 11.5 Å². The van der Waals surface area contributed by atoms with E-state index in [1.54, 1.807) is 29.9 Å². The van der Waals surface area contributed by atoms with Crippen LogP contribution in [-0.2, 0) is 7.05 Å². The molecule has 8 nitrogen and oxygen atoms in total. The average Bonchev–Trinajstić information content (AvgIpc) is 3.20. The van der Waals surface area contributed by atoms with Crippen molar-refractivity contribution in [3.8, 4) is 22.2 Å². The summed E-state index contributed by atoms with van der Waals surface area (Å²) >= 11 is 1.28. The standard InChI is InChI=1S/C17H17N5O3S/c1-10-15(26-17(20-10)12-6-7-19-22(12)2)16(24)21-18-9-11-4-5-14(25-3)13(23)8-11/h4-9,23H,1-3H3,(H,21,24)/b18-9+. The first kappa shape index (κ1) is 17.6. The minimum atomic E-state index is -0.345. The average molecular weight is 371 g/mol. The van der Waals surface area contributed by atoms with Crippen molar-refractivity contribution in [2.45, 2.75) is 6.92 Å². The quantitative estimate of drug-likeness (QED) is 0.529. The fraction of sp³-hybridized carbons (Fsp3) is 0.176. The van der Waals surface area contributed by atoms with Crippen LogP contribution in [-0.4, -0.2) is 39.1 Å². The first-order valence-corrected chi connectivity index (χ1v) is 8.47. The highest BCUT2D eigenvalue weighted by atomic mass is 32.1. The van der Waals surface area contributed by atoms with Crippen LogP contribution in [0.3, 0.4) is 0 Å². The molecule has 0 atom stereocenters. The Morgan fingerprint density at radius 1 is 1.42 bits per heavy atom. The van der Waals surface area contributed by atoms with E-state index < -0.39 is 0 Å². The third-order valence-corrected chi connectivity index (χ3v) is 4.80. The lowest BCUT2D eigenvalue weighted by molar-refractivity contribution is 0.0958. The maximum atomic E-state index is 12.3. The van der Waals surface area contributed by atoms with Gasteiger partial charge in [0.2, 0.25) is 0 Å². The SMILES string of the molecule is COc1ccc(/C=N/NC(=O)c2sc(-c3ccnn3C)nc2C)cc1O. The Bertz CT molecular complexity index is 977. The predicted molar refractivity (Wildman–Crippen MR) is 98.8 cm³/mol. The molecule has 0 aliphatic heterocycles. The number of hydrogen-bond acceptors (Lipinski definition) is 7. The van der Waals surface area contributed by atoms with Crippen LogP contribution in [0.1, 0.15) is 20.9 Å². The first-order valence-electron chi connectivity index (χ1n) is 7.66. The molecule has 2 N–H and O–H groups in total. The molecule has 0 unspecified atom stereocenters. The van der Waals surface area contributed by atoms with E-state index in [0.29, 0.717) is 21.9 Å². The minimum absolute atomic E-state index is 0.00176. The molecular formula is C17H17N5O3S. The number of nitrogens with one attached hydrogen (secondary N) is 1. The van der Waals surface area contributed by atoms with Crippen molar-refractivity contribution in [1.29, 1.82) is 0 Å². The predicted octanol–water partition coefficient (Wildman–Crippen LogP) is 2.33. The van der Waals surface area contributed by atoms with Crippen molar-refractivity contribution in [2.75, 3.05) is 7.11 Å². The Morgan fingerprint density at radius 2 is 2.23 bits per heavy atom. The summed E-state index contributed by atoms with van der Waals surface area (Å²) in [5.41, 5.74) is 4.57. The van der Waals surface area contributed by atoms with E-state index in [9.17, 15) is 9.90 Å². The Hall–Kier alpha value is -3.20. The number of ether oxygens (including phenoxy) is 1. The lowest BCUT2D eigenvalue weighted by Crippen LogP contribution is -2.17. The smallest absolute Gasteiger partial charge is 0.283 e. The molecule has 0 saturated carbocycles. The summed E-state index contributed by atoms with van der Waals surface area (Å²) in [6.07, 6.45) is 3.12. The molecule has 0 spiro atoms. The van der Waals surface area contributed by atoms with Crippen molar-refractivity contribution in [1.82, 2.24) is 20.2 Å². The zero-order valence-electron chi connectivity index (χ0n) is 14.4. The van der Waals surface area contributed by atoms with E-state index in [1.807, 2.05) is 13.1 Å². The Labute approximate surface area is 153 Å². The van der Waals surface area contributed by atoms with Crippen LogP contribution in [0, 0.1) is 6.92 Å². The molecule has 3 aromatic rings. The number of rotatable bonds is 5. The van der Waals surface area contributed by atoms with Gasteiger partial charge in [-0.1, -0.05) is 0 Å². The zero-order valence-corrected chi connectivity index (χ0v) is 15.2. The second kappa shape index (κ2) is 7.36. The molecular weight excluding hydrogens is 354 g/mol. The topological polar surface area (TPSA) is 102 Å². The van der Waals surface area contributed by atoms with Gasteiger partial charge in [-0.3, -0.25) is 9.48 Å². The molecule has 0 aliphatic carbocycles. The van der Waals surface area contributed by atoms with Gasteiger partial charge >= 0.3 is 0 Å². The van der Waals surface area contributed by atoms with Crippen LogP contribution in [0.4, 0.5) is 0 Å². The number of aromatic nitrogens is 3. The summed E-state index contributed by atoms with van der Waals surface area (Å²) < 4.78 is 6.68. The fourth-order valence-electron chi connectivity index (χ4n) is 2.30. The number of methoxy groups -OCH3 is 1. The van der Waals surface area contributed by atoms with Gasteiger partial charge in [-0.2, -0.15) is 10.2 Å². The molecule has 9 heteroatoms. The largest absolute Gasteiger partial charge is 0.504 e. The maximum absolute atomic E-state index is 12.3. The van der Waals surface area contributed by atoms with Crippen molar-refractivity contribution in [2.24, 2.45) is 12.1 Å². The fourth-order valence-corrected chi connectivity index (χ4v) is 3.32. The zero-order chi connectivity index (χ0) is 18.7. The summed E-state index contributed by atoms with van der Waals surface area (Å²) in [6, 6.07) is 6.67. The molecule has 1 amide bonds. The molecule has 2 heterocycles. The first-order chi connectivity index (χ1) is 12.5. The monoisotopic (exact) mass is 371 g/mol. The van der Waals surface area contributed by atoms with Crippen LogP contribution in [0.2, 0.25) is 0 Å². The van der Waals surface area contributed by atoms with Crippen LogP contribution < -0.4 is 10.2 Å². The molecule has 1 aromatic carbocycles. The molecule has 0 bridgehead atoms. The Morgan fingerprint density at radius 3 is 2.88 bits per heavy atom. The number of aryl methyl sites for hydroxylation is 2. The number of phenols is 1. The second-order valence-electron chi connectivity index (χ2n) is 5.40. The molecule has 3 rings (SSSR count). The summed E-state index contributed by atoms with van der Waals surface area (Å²) in [4.78, 5) is 17.3. The molecule has 2 aromatic heterocycles. The summed E-state index contributed by atoms with van der Waals surface area (Å²) in [5.74, 6) is 0.0264. The second-order valence-corrected chi connectivity index (χ2v) is 6.40. The third-order valence-electron chi connectivity index (χ3n) is 3.63. The van der Waals surface area contributed by atoms with E-state index in [0.717, 1.165) is 10.7 Å². The van der Waals surface area contributed by atoms with Gasteiger partial charge in [-0.15, -0.1) is 11.3 Å². The van der Waals surface area contributed by atoms with Crippen LogP contribution in [0.15, 0.2) is 35.6 Å². The Balaban J connectivity index is 1.71. The summed E-state index contributed by atoms with van der Waals surface area (Å²) in [5, 5.41) is 18.5. The van der Waals surface area contributed by atoms with Gasteiger partial charge in [0.25, 0.3) is 5.91 Å². The van der Waals surface area contributed by atoms with Gasteiger partial charge in [0, 0.05) is 13.2 Å². The number of hydrazone groups is 1. The molecule has 0 saturated heterocycles. The van der Waals surface area contributed by atoms with Gasteiger partial charge in [0.1, 0.15) is 9.88 Å². The summed E-state index contributed by atoms with van der Waals surface area (Å²) in [7, 11) is 3.29. The van der Waals surface area contributed by atoms with Crippen molar-refractivity contribution >= 4 is 23.5 Å². The number of phenolic OH excluding ortho intramolecular Hbond substituents is 1. The van der Waals surface area contributed by atoms with Gasteiger partial charge in [-0.05, 0) is 36.8 Å². The number of carbonyl (C=O) groups is 1. The summed E-state index contributed by atoms with van der Waals surface area (Å²) in [6.45, 7) is 1.77. The highest BCUT2D eigenvalue weighted by Crippen LogP contribution is 2.27. The highest BCUT2D eigenvalue weighted by molar-refractivity contribution is 7.17. The number of amides is 1. The number of carbonyl (C=O) groups excluding carboxylic acids is 1. The molecule has 0 aliphatic rings. The van der Waals surface area contributed by atoms with Crippen LogP contribution in [0.25, 0.3) is 10.7 Å². The van der Waals surface area contributed by atoms with Gasteiger partial charge in [-0.25, -0.2) is 10.4 Å². The van der Waals surface area contributed by atoms with E-state index in [1.165, 1.54) is 30.7 Å². The minimum Gasteiger partial charge on any atom is -0.504 e. The number of benzene rings is 1. The lowest BCUT2D eigenvalue weighted by atomic mass is 10.2. The van der Waals surface area contributed by atoms with E-state index in [4.69, 9.17) is 4.74 Å². The van der Waals surface area contributed by atoms with E-state index in [2.05, 4.69) is 20.6 Å². The van der Waals surface area contributed by atoms with E-state index in [-0.39, 0.29) is 11.7 Å². The number of nitrogens with zero attached hydrogens (tertiary/aromatic N) is 4. The molecule has 0 radical (unpaired) electrons. The Kier molecular flexibility index (Phi) is 4.99. The van der Waals surface area contributed by atoms with Gasteiger partial charge in [0.05, 0.1) is 24.7 Å². The van der Waals surface area contributed by atoms with Crippen LogP contribution >= 0.6 is 11.3 Å².